The average molecular weight is 364 g/mol. The number of rotatable bonds is 4. The maximum atomic E-state index is 12.8. The van der Waals surface area contributed by atoms with Crippen LogP contribution in [0, 0.1) is 0 Å². The Kier molecular flexibility index (Phi) is 4.74. The highest BCUT2D eigenvalue weighted by Crippen LogP contribution is 2.22. The first-order valence-corrected chi connectivity index (χ1v) is 8.79. The van der Waals surface area contributed by atoms with Crippen LogP contribution in [0.2, 0.25) is 0 Å². The van der Waals surface area contributed by atoms with Crippen LogP contribution in [0.15, 0.2) is 59.3 Å². The number of nitrogens with zero attached hydrogens (tertiary/aromatic N) is 4. The van der Waals surface area contributed by atoms with Crippen LogP contribution < -0.4 is 9.64 Å². The molecule has 3 aromatic rings. The molecular weight excluding hydrogens is 344 g/mol. The highest BCUT2D eigenvalue weighted by molar-refractivity contribution is 5.94. The molecule has 7 nitrogen and oxygen atoms in total. The molecule has 0 bridgehead atoms. The van der Waals surface area contributed by atoms with Crippen molar-refractivity contribution >= 4 is 11.6 Å². The summed E-state index contributed by atoms with van der Waals surface area (Å²) in [6.45, 7) is 2.99. The Morgan fingerprint density at radius 3 is 2.30 bits per heavy atom. The average Bonchev–Trinajstić information content (AvgIpc) is 3.28. The maximum absolute atomic E-state index is 12.8. The topological polar surface area (TPSA) is 71.7 Å². The van der Waals surface area contributed by atoms with E-state index in [1.807, 2.05) is 41.3 Å². The minimum absolute atomic E-state index is 0.0430. The molecule has 1 aliphatic heterocycles. The summed E-state index contributed by atoms with van der Waals surface area (Å²) in [7, 11) is 1.66. The molecule has 1 amide bonds. The molecule has 0 saturated carbocycles. The van der Waals surface area contributed by atoms with Crippen LogP contribution in [0.5, 0.6) is 5.75 Å². The van der Waals surface area contributed by atoms with Gasteiger partial charge in [-0.15, -0.1) is 10.2 Å². The van der Waals surface area contributed by atoms with Gasteiger partial charge in [0, 0.05) is 43.0 Å². The van der Waals surface area contributed by atoms with Gasteiger partial charge >= 0.3 is 0 Å². The Morgan fingerprint density at radius 1 is 1.00 bits per heavy atom. The number of piperazine rings is 1. The quantitative estimate of drug-likeness (QED) is 0.709. The molecule has 1 aromatic heterocycles. The lowest BCUT2D eigenvalue weighted by molar-refractivity contribution is 0.0747. The van der Waals surface area contributed by atoms with Crippen LogP contribution in [0.4, 0.5) is 5.69 Å². The summed E-state index contributed by atoms with van der Waals surface area (Å²) in [5.41, 5.74) is 2.61. The van der Waals surface area contributed by atoms with Gasteiger partial charge in [-0.05, 0) is 48.5 Å². The van der Waals surface area contributed by atoms with Crippen molar-refractivity contribution in [1.29, 1.82) is 0 Å². The van der Waals surface area contributed by atoms with Crippen molar-refractivity contribution in [2.24, 2.45) is 0 Å². The highest BCUT2D eigenvalue weighted by Gasteiger charge is 2.22. The number of ether oxygens (including phenoxy) is 1. The van der Waals surface area contributed by atoms with Crippen molar-refractivity contribution in [3.05, 3.63) is 60.5 Å². The molecular formula is C20H20N4O3. The van der Waals surface area contributed by atoms with Gasteiger partial charge in [0.2, 0.25) is 12.3 Å². The van der Waals surface area contributed by atoms with Gasteiger partial charge in [0.1, 0.15) is 5.75 Å². The standard InChI is InChI=1S/C20H20N4O3/c1-26-18-8-6-17(7-9-18)23-10-12-24(13-11-23)20(25)16-4-2-15(3-5-16)19-22-21-14-27-19/h2-9,14H,10-13H2,1H3. The van der Waals surface area contributed by atoms with E-state index in [4.69, 9.17) is 9.15 Å². The summed E-state index contributed by atoms with van der Waals surface area (Å²) in [5.74, 6) is 1.33. The second kappa shape index (κ2) is 7.49. The number of methoxy groups -OCH3 is 1. The molecule has 0 unspecified atom stereocenters. The SMILES string of the molecule is COc1ccc(N2CCN(C(=O)c3ccc(-c4nnco4)cc3)CC2)cc1. The molecule has 1 aliphatic rings. The lowest BCUT2D eigenvalue weighted by atomic mass is 10.1. The molecule has 138 valence electrons. The van der Waals surface area contributed by atoms with Gasteiger partial charge in [-0.25, -0.2) is 0 Å². The van der Waals surface area contributed by atoms with E-state index >= 15 is 0 Å². The lowest BCUT2D eigenvalue weighted by Crippen LogP contribution is -2.48. The van der Waals surface area contributed by atoms with Crippen LogP contribution in [0.25, 0.3) is 11.5 Å². The van der Waals surface area contributed by atoms with Crippen molar-refractivity contribution < 1.29 is 13.9 Å². The van der Waals surface area contributed by atoms with Crippen molar-refractivity contribution in [3.8, 4) is 17.2 Å². The van der Waals surface area contributed by atoms with Crippen LogP contribution in [-0.4, -0.2) is 54.3 Å². The number of aromatic nitrogens is 2. The summed E-state index contributed by atoms with van der Waals surface area (Å²) in [6.07, 6.45) is 1.29. The summed E-state index contributed by atoms with van der Waals surface area (Å²) in [4.78, 5) is 16.9. The van der Waals surface area contributed by atoms with Crippen molar-refractivity contribution in [1.82, 2.24) is 15.1 Å². The van der Waals surface area contributed by atoms with Crippen molar-refractivity contribution in [2.45, 2.75) is 0 Å². The Labute approximate surface area is 157 Å². The van der Waals surface area contributed by atoms with E-state index in [1.54, 1.807) is 19.2 Å². The molecule has 1 saturated heterocycles. The molecule has 4 rings (SSSR count). The molecule has 1 fully saturated rings. The number of hydrogen-bond donors (Lipinski definition) is 0. The second-order valence-corrected chi connectivity index (χ2v) is 6.30. The van der Waals surface area contributed by atoms with Gasteiger partial charge in [-0.2, -0.15) is 0 Å². The zero-order valence-electron chi connectivity index (χ0n) is 15.0. The van der Waals surface area contributed by atoms with Gasteiger partial charge in [-0.1, -0.05) is 0 Å². The minimum atomic E-state index is 0.0430. The first-order valence-electron chi connectivity index (χ1n) is 8.79. The van der Waals surface area contributed by atoms with Crippen LogP contribution in [0.1, 0.15) is 10.4 Å². The lowest BCUT2D eigenvalue weighted by Gasteiger charge is -2.36. The van der Waals surface area contributed by atoms with E-state index in [0.29, 0.717) is 24.5 Å². The second-order valence-electron chi connectivity index (χ2n) is 6.30. The van der Waals surface area contributed by atoms with Crippen molar-refractivity contribution in [3.63, 3.8) is 0 Å². The fourth-order valence-corrected chi connectivity index (χ4v) is 3.20. The number of anilines is 1. The normalized spacial score (nSPS) is 14.3. The fraction of sp³-hybridized carbons (Fsp3) is 0.250. The summed E-state index contributed by atoms with van der Waals surface area (Å²) in [6, 6.07) is 15.3. The van der Waals surface area contributed by atoms with Gasteiger partial charge in [0.05, 0.1) is 7.11 Å². The molecule has 0 N–H and O–H groups in total. The molecule has 2 aromatic carbocycles. The molecule has 2 heterocycles. The monoisotopic (exact) mass is 364 g/mol. The van der Waals surface area contributed by atoms with Crippen molar-refractivity contribution in [2.75, 3.05) is 38.2 Å². The molecule has 0 atom stereocenters. The Hall–Kier alpha value is -3.35. The van der Waals surface area contributed by atoms with E-state index in [-0.39, 0.29) is 5.91 Å². The first kappa shape index (κ1) is 17.1. The zero-order chi connectivity index (χ0) is 18.6. The smallest absolute Gasteiger partial charge is 0.253 e. The molecule has 0 aliphatic carbocycles. The predicted octanol–water partition coefficient (Wildman–Crippen LogP) is 2.71. The van der Waals surface area contributed by atoms with E-state index in [1.165, 1.54) is 6.39 Å². The highest BCUT2D eigenvalue weighted by atomic mass is 16.5. The van der Waals surface area contributed by atoms with Crippen LogP contribution >= 0.6 is 0 Å². The van der Waals surface area contributed by atoms with Crippen LogP contribution in [0.3, 0.4) is 0 Å². The Bertz CT molecular complexity index is 884. The van der Waals surface area contributed by atoms with E-state index < -0.39 is 0 Å². The van der Waals surface area contributed by atoms with Gasteiger partial charge in [0.15, 0.2) is 0 Å². The number of benzene rings is 2. The zero-order valence-corrected chi connectivity index (χ0v) is 15.0. The third kappa shape index (κ3) is 3.62. The summed E-state index contributed by atoms with van der Waals surface area (Å²) >= 11 is 0. The van der Waals surface area contributed by atoms with E-state index in [9.17, 15) is 4.79 Å². The molecule has 0 spiro atoms. The van der Waals surface area contributed by atoms with E-state index in [2.05, 4.69) is 15.1 Å². The fourth-order valence-electron chi connectivity index (χ4n) is 3.20. The first-order chi connectivity index (χ1) is 13.2. The third-order valence-electron chi connectivity index (χ3n) is 4.74. The maximum Gasteiger partial charge on any atom is 0.253 e. The summed E-state index contributed by atoms with van der Waals surface area (Å²) < 4.78 is 10.4. The number of hydrogen-bond acceptors (Lipinski definition) is 6. The van der Waals surface area contributed by atoms with Gasteiger partial charge < -0.3 is 19.0 Å². The van der Waals surface area contributed by atoms with Gasteiger partial charge in [-0.3, -0.25) is 4.79 Å². The van der Waals surface area contributed by atoms with Gasteiger partial charge in [0.25, 0.3) is 5.91 Å². The molecule has 27 heavy (non-hydrogen) atoms. The molecule has 7 heteroatoms. The number of carbonyl (C=O) groups is 1. The Balaban J connectivity index is 1.38. The predicted molar refractivity (Wildman–Crippen MR) is 101 cm³/mol. The third-order valence-corrected chi connectivity index (χ3v) is 4.74. The minimum Gasteiger partial charge on any atom is -0.497 e. The number of carbonyl (C=O) groups excluding carboxylic acids is 1. The Morgan fingerprint density at radius 2 is 1.70 bits per heavy atom. The molecule has 0 radical (unpaired) electrons. The van der Waals surface area contributed by atoms with E-state index in [0.717, 1.165) is 30.1 Å². The van der Waals surface area contributed by atoms with Crippen LogP contribution in [-0.2, 0) is 0 Å². The summed E-state index contributed by atoms with van der Waals surface area (Å²) in [5, 5.41) is 7.54. The number of amides is 1. The largest absolute Gasteiger partial charge is 0.497 e.